The van der Waals surface area contributed by atoms with Gasteiger partial charge < -0.3 is 24.8 Å². The predicted octanol–water partition coefficient (Wildman–Crippen LogP) is 2.75. The number of fused-ring (bicyclic) bond motifs is 1. The fraction of sp³-hybridized carbons (Fsp3) is 0.565. The maximum Gasteiger partial charge on any atom is 0.337 e. The van der Waals surface area contributed by atoms with Crippen molar-refractivity contribution in [3.63, 3.8) is 0 Å². The van der Waals surface area contributed by atoms with Gasteiger partial charge in [-0.25, -0.2) is 9.59 Å². The molecule has 8 nitrogen and oxygen atoms in total. The summed E-state index contributed by atoms with van der Waals surface area (Å²) in [5.74, 6) is 1.15. The SMILES string of the molecule is CCOC(=O)C1=C(CN2CCc3cc(OCC)c(OCC)cc3C2)NC(=O)N[C@H]1CC. The van der Waals surface area contributed by atoms with Crippen LogP contribution in [0.25, 0.3) is 0 Å². The number of benzene rings is 1. The minimum Gasteiger partial charge on any atom is -0.490 e. The van der Waals surface area contributed by atoms with Crippen molar-refractivity contribution in [1.29, 1.82) is 0 Å². The molecule has 0 unspecified atom stereocenters. The van der Waals surface area contributed by atoms with Gasteiger partial charge in [0, 0.05) is 25.3 Å². The monoisotopic (exact) mass is 431 g/mol. The molecule has 1 aromatic carbocycles. The van der Waals surface area contributed by atoms with Crippen LogP contribution in [0.15, 0.2) is 23.4 Å². The lowest BCUT2D eigenvalue weighted by atomic mass is 9.97. The third kappa shape index (κ3) is 5.31. The Morgan fingerprint density at radius 2 is 1.74 bits per heavy atom. The molecule has 8 heteroatoms. The molecule has 1 aromatic rings. The zero-order chi connectivity index (χ0) is 22.4. The van der Waals surface area contributed by atoms with E-state index >= 15 is 0 Å². The fourth-order valence-electron chi connectivity index (χ4n) is 4.10. The lowest BCUT2D eigenvalue weighted by molar-refractivity contribution is -0.139. The lowest BCUT2D eigenvalue weighted by Gasteiger charge is -2.34. The number of hydrogen-bond donors (Lipinski definition) is 2. The Bertz CT molecular complexity index is 852. The van der Waals surface area contributed by atoms with Crippen LogP contribution in [0.2, 0.25) is 0 Å². The molecular weight excluding hydrogens is 398 g/mol. The molecule has 2 aliphatic heterocycles. The van der Waals surface area contributed by atoms with E-state index in [2.05, 4.69) is 21.6 Å². The molecule has 0 saturated heterocycles. The van der Waals surface area contributed by atoms with Crippen molar-refractivity contribution in [2.45, 2.75) is 53.1 Å². The largest absolute Gasteiger partial charge is 0.490 e. The third-order valence-corrected chi connectivity index (χ3v) is 5.49. The van der Waals surface area contributed by atoms with Crippen LogP contribution in [-0.4, -0.2) is 55.9 Å². The van der Waals surface area contributed by atoms with Crippen molar-refractivity contribution >= 4 is 12.0 Å². The van der Waals surface area contributed by atoms with Crippen molar-refractivity contribution in [2.24, 2.45) is 0 Å². The number of nitrogens with zero attached hydrogens (tertiary/aromatic N) is 1. The topological polar surface area (TPSA) is 89.1 Å². The predicted molar refractivity (Wildman–Crippen MR) is 117 cm³/mol. The van der Waals surface area contributed by atoms with Gasteiger partial charge in [0.15, 0.2) is 11.5 Å². The molecule has 3 rings (SSSR count). The van der Waals surface area contributed by atoms with E-state index in [4.69, 9.17) is 14.2 Å². The van der Waals surface area contributed by atoms with E-state index in [0.717, 1.165) is 24.5 Å². The zero-order valence-electron chi connectivity index (χ0n) is 18.9. The summed E-state index contributed by atoms with van der Waals surface area (Å²) in [6, 6.07) is 3.49. The second-order valence-electron chi connectivity index (χ2n) is 7.57. The third-order valence-electron chi connectivity index (χ3n) is 5.49. The smallest absolute Gasteiger partial charge is 0.337 e. The van der Waals surface area contributed by atoms with Crippen molar-refractivity contribution in [3.8, 4) is 11.5 Å². The van der Waals surface area contributed by atoms with Crippen LogP contribution in [-0.2, 0) is 22.5 Å². The van der Waals surface area contributed by atoms with Gasteiger partial charge in [0.2, 0.25) is 0 Å². The molecule has 0 aromatic heterocycles. The van der Waals surface area contributed by atoms with Crippen LogP contribution in [0, 0.1) is 0 Å². The van der Waals surface area contributed by atoms with E-state index in [-0.39, 0.29) is 18.0 Å². The maximum absolute atomic E-state index is 12.6. The molecule has 1 atom stereocenters. The molecule has 2 heterocycles. The Labute approximate surface area is 183 Å². The van der Waals surface area contributed by atoms with Crippen LogP contribution in [0.3, 0.4) is 0 Å². The molecule has 0 aliphatic carbocycles. The summed E-state index contributed by atoms with van der Waals surface area (Å²) in [6.45, 7) is 11.1. The molecule has 2 N–H and O–H groups in total. The first-order valence-corrected chi connectivity index (χ1v) is 11.1. The van der Waals surface area contributed by atoms with Gasteiger partial charge >= 0.3 is 12.0 Å². The van der Waals surface area contributed by atoms with E-state index in [1.165, 1.54) is 11.1 Å². The van der Waals surface area contributed by atoms with Crippen LogP contribution in [0.4, 0.5) is 4.79 Å². The van der Waals surface area contributed by atoms with E-state index in [1.807, 2.05) is 26.8 Å². The Kier molecular flexibility index (Phi) is 7.79. The van der Waals surface area contributed by atoms with Gasteiger partial charge in [0.05, 0.1) is 31.4 Å². The Morgan fingerprint density at radius 3 is 2.35 bits per heavy atom. The second-order valence-corrected chi connectivity index (χ2v) is 7.57. The number of hydrogen-bond acceptors (Lipinski definition) is 6. The van der Waals surface area contributed by atoms with Gasteiger partial charge in [-0.15, -0.1) is 0 Å². The summed E-state index contributed by atoms with van der Waals surface area (Å²) in [6.07, 6.45) is 1.47. The van der Waals surface area contributed by atoms with Crippen molar-refractivity contribution in [3.05, 3.63) is 34.5 Å². The highest BCUT2D eigenvalue weighted by atomic mass is 16.5. The highest BCUT2D eigenvalue weighted by Crippen LogP contribution is 2.34. The van der Waals surface area contributed by atoms with E-state index < -0.39 is 0 Å². The highest BCUT2D eigenvalue weighted by Gasteiger charge is 2.32. The summed E-state index contributed by atoms with van der Waals surface area (Å²) in [5, 5.41) is 5.66. The average Bonchev–Trinajstić information content (AvgIpc) is 2.74. The molecule has 0 saturated carbocycles. The van der Waals surface area contributed by atoms with Crippen molar-refractivity contribution in [2.75, 3.05) is 32.9 Å². The summed E-state index contributed by atoms with van der Waals surface area (Å²) in [7, 11) is 0. The molecule has 31 heavy (non-hydrogen) atoms. The van der Waals surface area contributed by atoms with Gasteiger partial charge in [-0.2, -0.15) is 0 Å². The number of urea groups is 1. The van der Waals surface area contributed by atoms with Crippen LogP contribution < -0.4 is 20.1 Å². The van der Waals surface area contributed by atoms with Gasteiger partial charge in [0.25, 0.3) is 0 Å². The minimum absolute atomic E-state index is 0.285. The van der Waals surface area contributed by atoms with Gasteiger partial charge in [-0.3, -0.25) is 4.90 Å². The fourth-order valence-corrected chi connectivity index (χ4v) is 4.10. The molecule has 0 spiro atoms. The molecule has 2 aliphatic rings. The number of carbonyl (C=O) groups excluding carboxylic acids is 2. The minimum atomic E-state index is -0.380. The molecule has 0 bridgehead atoms. The number of carbonyl (C=O) groups is 2. The summed E-state index contributed by atoms with van der Waals surface area (Å²) >= 11 is 0. The maximum atomic E-state index is 12.6. The highest BCUT2D eigenvalue weighted by molar-refractivity contribution is 5.94. The number of ether oxygens (including phenoxy) is 3. The molecule has 0 fully saturated rings. The number of rotatable bonds is 9. The quantitative estimate of drug-likeness (QED) is 0.585. The van der Waals surface area contributed by atoms with E-state index in [0.29, 0.717) is 50.6 Å². The summed E-state index contributed by atoms with van der Waals surface area (Å²) in [5.41, 5.74) is 3.54. The normalized spacial score (nSPS) is 18.7. The molecule has 170 valence electrons. The number of esters is 1. The van der Waals surface area contributed by atoms with Crippen LogP contribution in [0.5, 0.6) is 11.5 Å². The number of nitrogens with one attached hydrogen (secondary N) is 2. The number of amides is 2. The molecule has 2 amide bonds. The first kappa shape index (κ1) is 22.9. The Hall–Kier alpha value is -2.74. The van der Waals surface area contributed by atoms with E-state index in [9.17, 15) is 9.59 Å². The lowest BCUT2D eigenvalue weighted by Crippen LogP contribution is -2.52. The van der Waals surface area contributed by atoms with Crippen molar-refractivity contribution < 1.29 is 23.8 Å². The van der Waals surface area contributed by atoms with E-state index in [1.54, 1.807) is 6.92 Å². The van der Waals surface area contributed by atoms with Crippen molar-refractivity contribution in [1.82, 2.24) is 15.5 Å². The second kappa shape index (κ2) is 10.5. The van der Waals surface area contributed by atoms with Crippen LogP contribution in [0.1, 0.15) is 45.2 Å². The summed E-state index contributed by atoms with van der Waals surface area (Å²) < 4.78 is 16.8. The van der Waals surface area contributed by atoms with Gasteiger partial charge in [-0.05, 0) is 56.9 Å². The summed E-state index contributed by atoms with van der Waals surface area (Å²) in [4.78, 5) is 27.0. The van der Waals surface area contributed by atoms with Gasteiger partial charge in [-0.1, -0.05) is 6.92 Å². The van der Waals surface area contributed by atoms with Gasteiger partial charge in [0.1, 0.15) is 0 Å². The standard InChI is InChI=1S/C23H33N3O5/c1-5-17-21(22(27)31-8-4)18(25-23(28)24-17)14-26-10-9-15-11-19(29-6-2)20(30-7-3)12-16(15)13-26/h11-12,17H,5-10,13-14H2,1-4H3,(H2,24,25,28)/t17-/m0/s1. The first-order valence-electron chi connectivity index (χ1n) is 11.1. The first-order chi connectivity index (χ1) is 15.0. The zero-order valence-corrected chi connectivity index (χ0v) is 18.9. The van der Waals surface area contributed by atoms with Crippen LogP contribution >= 0.6 is 0 Å². The Balaban J connectivity index is 1.85. The molecular formula is C23H33N3O5. The average molecular weight is 432 g/mol. The Morgan fingerprint density at radius 1 is 1.06 bits per heavy atom. The molecule has 0 radical (unpaired) electrons.